The lowest BCUT2D eigenvalue weighted by atomic mass is 10.1. The van der Waals surface area contributed by atoms with Gasteiger partial charge in [-0.15, -0.1) is 0 Å². The van der Waals surface area contributed by atoms with E-state index in [1.807, 2.05) is 26.0 Å². The molecule has 3 N–H and O–H groups in total. The lowest BCUT2D eigenvalue weighted by Gasteiger charge is -2.18. The van der Waals surface area contributed by atoms with Crippen molar-refractivity contribution in [3.05, 3.63) is 34.9 Å². The molecule has 0 bridgehead atoms. The monoisotopic (exact) mass is 298 g/mol. The third-order valence-corrected chi connectivity index (χ3v) is 3.32. The molecule has 0 spiro atoms. The second-order valence-electron chi connectivity index (χ2n) is 5.32. The zero-order chi connectivity index (χ0) is 15.1. The lowest BCUT2D eigenvalue weighted by molar-refractivity contribution is 0.163. The van der Waals surface area contributed by atoms with E-state index in [-0.39, 0.29) is 24.1 Å². The first-order valence-corrected chi connectivity index (χ1v) is 7.24. The Morgan fingerprint density at radius 1 is 1.25 bits per heavy atom. The number of hydrogen-bond acceptors (Lipinski definition) is 2. The number of carbonyl (C=O) groups excluding carboxylic acids is 1. The number of aliphatic hydroxyl groups excluding tert-OH is 1. The van der Waals surface area contributed by atoms with Crippen LogP contribution in [-0.4, -0.2) is 23.8 Å². The molecule has 20 heavy (non-hydrogen) atoms. The summed E-state index contributed by atoms with van der Waals surface area (Å²) in [4.78, 5) is 11.8. The molecule has 0 aliphatic carbocycles. The molecule has 0 saturated heterocycles. The van der Waals surface area contributed by atoms with Crippen molar-refractivity contribution in [3.63, 3.8) is 0 Å². The molecule has 1 rings (SSSR count). The Kier molecular flexibility index (Phi) is 6.82. The Hall–Kier alpha value is -1.26. The van der Waals surface area contributed by atoms with Gasteiger partial charge >= 0.3 is 6.03 Å². The van der Waals surface area contributed by atoms with Crippen molar-refractivity contribution in [3.8, 4) is 0 Å². The van der Waals surface area contributed by atoms with Crippen LogP contribution in [0.5, 0.6) is 0 Å². The molecule has 0 aliphatic rings. The SMILES string of the molecule is CC(O)CC(C)CNC(=O)NC(C)c1ccc(Cl)cc1. The van der Waals surface area contributed by atoms with Crippen LogP contribution < -0.4 is 10.6 Å². The van der Waals surface area contributed by atoms with Gasteiger partial charge in [-0.3, -0.25) is 0 Å². The van der Waals surface area contributed by atoms with Crippen LogP contribution in [0.25, 0.3) is 0 Å². The summed E-state index contributed by atoms with van der Waals surface area (Å²) in [5, 5.41) is 15.6. The minimum Gasteiger partial charge on any atom is -0.393 e. The van der Waals surface area contributed by atoms with Crippen molar-refractivity contribution >= 4 is 17.6 Å². The van der Waals surface area contributed by atoms with Gasteiger partial charge in [0.05, 0.1) is 12.1 Å². The number of halogens is 1. The molecule has 4 nitrogen and oxygen atoms in total. The Bertz CT molecular complexity index is 420. The van der Waals surface area contributed by atoms with Gasteiger partial charge in [-0.1, -0.05) is 30.7 Å². The number of urea groups is 1. The Morgan fingerprint density at radius 2 is 1.85 bits per heavy atom. The maximum Gasteiger partial charge on any atom is 0.315 e. The van der Waals surface area contributed by atoms with E-state index in [1.165, 1.54) is 0 Å². The minimum absolute atomic E-state index is 0.0839. The molecule has 5 heteroatoms. The molecule has 0 radical (unpaired) electrons. The minimum atomic E-state index is -0.345. The van der Waals surface area contributed by atoms with Gasteiger partial charge in [0, 0.05) is 11.6 Å². The third kappa shape index (κ3) is 6.26. The molecule has 1 aromatic carbocycles. The highest BCUT2D eigenvalue weighted by molar-refractivity contribution is 6.30. The van der Waals surface area contributed by atoms with Crippen LogP contribution in [0.3, 0.4) is 0 Å². The first-order valence-electron chi connectivity index (χ1n) is 6.86. The summed E-state index contributed by atoms with van der Waals surface area (Å²) in [6, 6.07) is 7.10. The average Bonchev–Trinajstić information content (AvgIpc) is 2.36. The van der Waals surface area contributed by atoms with Gasteiger partial charge in [0.1, 0.15) is 0 Å². The van der Waals surface area contributed by atoms with E-state index < -0.39 is 0 Å². The fourth-order valence-electron chi connectivity index (χ4n) is 2.02. The summed E-state index contributed by atoms with van der Waals surface area (Å²) in [5.41, 5.74) is 1.00. The number of nitrogens with one attached hydrogen (secondary N) is 2. The summed E-state index contributed by atoms with van der Waals surface area (Å²) in [7, 11) is 0. The van der Waals surface area contributed by atoms with Crippen LogP contribution >= 0.6 is 11.6 Å². The quantitative estimate of drug-likeness (QED) is 0.756. The first kappa shape index (κ1) is 16.8. The number of aliphatic hydroxyl groups is 1. The molecule has 0 aromatic heterocycles. The molecule has 3 unspecified atom stereocenters. The molecule has 1 aromatic rings. The van der Waals surface area contributed by atoms with E-state index in [0.717, 1.165) is 5.56 Å². The van der Waals surface area contributed by atoms with Crippen LogP contribution in [0, 0.1) is 5.92 Å². The van der Waals surface area contributed by atoms with Crippen molar-refractivity contribution in [2.24, 2.45) is 5.92 Å². The van der Waals surface area contributed by atoms with Gasteiger partial charge in [0.15, 0.2) is 0 Å². The van der Waals surface area contributed by atoms with Gasteiger partial charge in [-0.25, -0.2) is 4.79 Å². The smallest absolute Gasteiger partial charge is 0.315 e. The molecule has 0 aliphatic heterocycles. The topological polar surface area (TPSA) is 61.4 Å². The predicted octanol–water partition coefficient (Wildman–Crippen LogP) is 3.11. The number of benzene rings is 1. The lowest BCUT2D eigenvalue weighted by Crippen LogP contribution is -2.39. The Balaban J connectivity index is 2.36. The van der Waals surface area contributed by atoms with Gasteiger partial charge in [-0.05, 0) is 43.9 Å². The van der Waals surface area contributed by atoms with Gasteiger partial charge < -0.3 is 15.7 Å². The van der Waals surface area contributed by atoms with Crippen LogP contribution in [0.2, 0.25) is 5.02 Å². The van der Waals surface area contributed by atoms with E-state index in [1.54, 1.807) is 19.1 Å². The summed E-state index contributed by atoms with van der Waals surface area (Å²) < 4.78 is 0. The molecule has 0 saturated carbocycles. The highest BCUT2D eigenvalue weighted by atomic mass is 35.5. The molecule has 2 amide bonds. The highest BCUT2D eigenvalue weighted by Crippen LogP contribution is 2.15. The van der Waals surface area contributed by atoms with Gasteiger partial charge in [0.2, 0.25) is 0 Å². The van der Waals surface area contributed by atoms with E-state index >= 15 is 0 Å². The largest absolute Gasteiger partial charge is 0.393 e. The van der Waals surface area contributed by atoms with Crippen molar-refractivity contribution < 1.29 is 9.90 Å². The second-order valence-corrected chi connectivity index (χ2v) is 5.75. The summed E-state index contributed by atoms with van der Waals surface area (Å²) >= 11 is 5.83. The van der Waals surface area contributed by atoms with E-state index in [9.17, 15) is 9.90 Å². The van der Waals surface area contributed by atoms with Gasteiger partial charge in [0.25, 0.3) is 0 Å². The van der Waals surface area contributed by atoms with Crippen LogP contribution in [0.1, 0.15) is 38.8 Å². The standard InChI is InChI=1S/C15H23ClN2O2/c1-10(8-11(2)19)9-17-15(20)18-12(3)13-4-6-14(16)7-5-13/h4-7,10-12,19H,8-9H2,1-3H3,(H2,17,18,20). The van der Waals surface area contributed by atoms with Crippen LogP contribution in [0.4, 0.5) is 4.79 Å². The Labute approximate surface area is 125 Å². The predicted molar refractivity (Wildman–Crippen MR) is 81.9 cm³/mol. The summed E-state index contributed by atoms with van der Waals surface area (Å²) in [6.45, 7) is 6.21. The molecular weight excluding hydrogens is 276 g/mol. The number of hydrogen-bond donors (Lipinski definition) is 3. The van der Waals surface area contributed by atoms with Crippen molar-refractivity contribution in [1.82, 2.24) is 10.6 Å². The van der Waals surface area contributed by atoms with E-state index in [4.69, 9.17) is 11.6 Å². The highest BCUT2D eigenvalue weighted by Gasteiger charge is 2.11. The van der Waals surface area contributed by atoms with Crippen LogP contribution in [-0.2, 0) is 0 Å². The third-order valence-electron chi connectivity index (χ3n) is 3.07. The van der Waals surface area contributed by atoms with Crippen molar-refractivity contribution in [1.29, 1.82) is 0 Å². The number of carbonyl (C=O) groups is 1. The average molecular weight is 299 g/mol. The maximum atomic E-state index is 11.8. The zero-order valence-electron chi connectivity index (χ0n) is 12.2. The molecule has 3 atom stereocenters. The van der Waals surface area contributed by atoms with Gasteiger partial charge in [-0.2, -0.15) is 0 Å². The molecular formula is C15H23ClN2O2. The first-order chi connectivity index (χ1) is 9.38. The maximum absolute atomic E-state index is 11.8. The Morgan fingerprint density at radius 3 is 2.40 bits per heavy atom. The van der Waals surface area contributed by atoms with Crippen LogP contribution in [0.15, 0.2) is 24.3 Å². The molecule has 112 valence electrons. The summed E-state index contributed by atoms with van der Waals surface area (Å²) in [5.74, 6) is 0.242. The normalized spacial score (nSPS) is 15.2. The molecule has 0 fully saturated rings. The van der Waals surface area contributed by atoms with Crippen molar-refractivity contribution in [2.45, 2.75) is 39.3 Å². The van der Waals surface area contributed by atoms with Crippen molar-refractivity contribution in [2.75, 3.05) is 6.54 Å². The fraction of sp³-hybridized carbons (Fsp3) is 0.533. The zero-order valence-corrected chi connectivity index (χ0v) is 12.9. The second kappa shape index (κ2) is 8.12. The number of amides is 2. The fourth-order valence-corrected chi connectivity index (χ4v) is 2.14. The van der Waals surface area contributed by atoms with E-state index in [2.05, 4.69) is 10.6 Å². The van der Waals surface area contributed by atoms with E-state index in [0.29, 0.717) is 18.0 Å². The molecule has 0 heterocycles. The summed E-state index contributed by atoms with van der Waals surface area (Å²) in [6.07, 6.45) is 0.329. The number of rotatable bonds is 6.